The lowest BCUT2D eigenvalue weighted by molar-refractivity contribution is -0.115. The highest BCUT2D eigenvalue weighted by molar-refractivity contribution is 5.92. The Labute approximate surface area is 164 Å². The fraction of sp³-hybridized carbons (Fsp3) is 0.364. The molecule has 1 aliphatic rings. The summed E-state index contributed by atoms with van der Waals surface area (Å²) in [6.07, 6.45) is 4.02. The van der Waals surface area contributed by atoms with E-state index in [9.17, 15) is 9.18 Å². The van der Waals surface area contributed by atoms with Gasteiger partial charge in [-0.15, -0.1) is 0 Å². The minimum Gasteiger partial charge on any atom is -0.309 e. The van der Waals surface area contributed by atoms with Crippen LogP contribution in [-0.4, -0.2) is 40.0 Å². The minimum absolute atomic E-state index is 0.152. The van der Waals surface area contributed by atoms with Crippen molar-refractivity contribution in [3.05, 3.63) is 59.9 Å². The number of amides is 1. The van der Waals surface area contributed by atoms with Crippen LogP contribution in [0.1, 0.15) is 24.8 Å². The number of carbonyl (C=O) groups is 1. The number of anilines is 1. The number of rotatable bonds is 6. The van der Waals surface area contributed by atoms with Gasteiger partial charge in [-0.2, -0.15) is 0 Å². The molecule has 1 aliphatic heterocycles. The molecule has 146 valence electrons. The van der Waals surface area contributed by atoms with Crippen LogP contribution < -0.4 is 5.32 Å². The summed E-state index contributed by atoms with van der Waals surface area (Å²) >= 11 is 0. The Morgan fingerprint density at radius 3 is 2.54 bits per heavy atom. The standard InChI is InChI=1S/C22H25FN4O/c23-18-10-8-17(9-11-18)16-21(28)25-22-24-19-6-2-3-7-20(19)27(22)15-14-26-12-4-1-5-13-26/h2-3,6-11H,1,4-5,12-16H2,(H,24,25,28). The summed E-state index contributed by atoms with van der Waals surface area (Å²) in [7, 11) is 0. The molecule has 0 saturated carbocycles. The van der Waals surface area contributed by atoms with Gasteiger partial charge in [0, 0.05) is 13.1 Å². The number of piperidine rings is 1. The fourth-order valence-corrected chi connectivity index (χ4v) is 3.78. The summed E-state index contributed by atoms with van der Waals surface area (Å²) in [5, 5.41) is 2.95. The number of hydrogen-bond acceptors (Lipinski definition) is 3. The fourth-order valence-electron chi connectivity index (χ4n) is 3.78. The molecular formula is C22H25FN4O. The second-order valence-electron chi connectivity index (χ2n) is 7.33. The highest BCUT2D eigenvalue weighted by Crippen LogP contribution is 2.20. The first-order valence-electron chi connectivity index (χ1n) is 9.91. The number of nitrogens with zero attached hydrogens (tertiary/aromatic N) is 3. The zero-order valence-electron chi connectivity index (χ0n) is 15.9. The molecule has 1 N–H and O–H groups in total. The molecule has 6 heteroatoms. The average molecular weight is 380 g/mol. The largest absolute Gasteiger partial charge is 0.309 e. The summed E-state index contributed by atoms with van der Waals surface area (Å²) in [5.74, 6) is 0.120. The van der Waals surface area contributed by atoms with Crippen molar-refractivity contribution < 1.29 is 9.18 Å². The van der Waals surface area contributed by atoms with Gasteiger partial charge in [-0.05, 0) is 55.8 Å². The van der Waals surface area contributed by atoms with Crippen LogP contribution >= 0.6 is 0 Å². The highest BCUT2D eigenvalue weighted by atomic mass is 19.1. The molecule has 2 aromatic carbocycles. The molecule has 0 bridgehead atoms. The van der Waals surface area contributed by atoms with Crippen molar-refractivity contribution in [1.29, 1.82) is 0 Å². The van der Waals surface area contributed by atoms with Gasteiger partial charge >= 0.3 is 0 Å². The third kappa shape index (κ3) is 4.39. The Morgan fingerprint density at radius 2 is 1.75 bits per heavy atom. The number of nitrogens with one attached hydrogen (secondary N) is 1. The molecule has 1 fully saturated rings. The summed E-state index contributed by atoms with van der Waals surface area (Å²) in [5.41, 5.74) is 2.67. The zero-order chi connectivity index (χ0) is 19.3. The maximum atomic E-state index is 13.1. The molecule has 4 rings (SSSR count). The second kappa shape index (κ2) is 8.52. The number of benzene rings is 2. The van der Waals surface area contributed by atoms with Gasteiger partial charge in [0.15, 0.2) is 0 Å². The number of carbonyl (C=O) groups excluding carboxylic acids is 1. The van der Waals surface area contributed by atoms with Crippen LogP contribution in [0.25, 0.3) is 11.0 Å². The molecule has 5 nitrogen and oxygen atoms in total. The third-order valence-electron chi connectivity index (χ3n) is 5.27. The average Bonchev–Trinajstić information content (AvgIpc) is 3.06. The van der Waals surface area contributed by atoms with Crippen molar-refractivity contribution in [3.8, 4) is 0 Å². The first-order valence-corrected chi connectivity index (χ1v) is 9.91. The Hall–Kier alpha value is -2.73. The van der Waals surface area contributed by atoms with E-state index in [0.29, 0.717) is 5.95 Å². The molecule has 1 aromatic heterocycles. The number of para-hydroxylation sites is 2. The number of halogens is 1. The lowest BCUT2D eigenvalue weighted by atomic mass is 10.1. The predicted molar refractivity (Wildman–Crippen MR) is 109 cm³/mol. The molecule has 28 heavy (non-hydrogen) atoms. The van der Waals surface area contributed by atoms with E-state index in [-0.39, 0.29) is 18.1 Å². The van der Waals surface area contributed by atoms with Crippen LogP contribution in [0.15, 0.2) is 48.5 Å². The molecule has 0 spiro atoms. The molecule has 1 amide bonds. The molecule has 0 unspecified atom stereocenters. The van der Waals surface area contributed by atoms with Gasteiger partial charge in [0.25, 0.3) is 0 Å². The van der Waals surface area contributed by atoms with Crippen LogP contribution in [0.3, 0.4) is 0 Å². The van der Waals surface area contributed by atoms with Crippen LogP contribution in [0.5, 0.6) is 0 Å². The Balaban J connectivity index is 1.50. The van der Waals surface area contributed by atoms with E-state index in [1.165, 1.54) is 31.4 Å². The van der Waals surface area contributed by atoms with Crippen molar-refractivity contribution in [2.24, 2.45) is 0 Å². The van der Waals surface area contributed by atoms with E-state index >= 15 is 0 Å². The van der Waals surface area contributed by atoms with Crippen molar-refractivity contribution in [2.75, 3.05) is 25.0 Å². The van der Waals surface area contributed by atoms with Crippen LogP contribution in [0, 0.1) is 5.82 Å². The van der Waals surface area contributed by atoms with Crippen molar-refractivity contribution in [1.82, 2.24) is 14.5 Å². The molecule has 0 atom stereocenters. The van der Waals surface area contributed by atoms with Gasteiger partial charge < -0.3 is 9.47 Å². The summed E-state index contributed by atoms with van der Waals surface area (Å²) < 4.78 is 15.2. The van der Waals surface area contributed by atoms with E-state index in [4.69, 9.17) is 0 Å². The van der Waals surface area contributed by atoms with Crippen LogP contribution in [0.2, 0.25) is 0 Å². The second-order valence-corrected chi connectivity index (χ2v) is 7.33. The van der Waals surface area contributed by atoms with E-state index in [1.807, 2.05) is 24.3 Å². The number of likely N-dealkylation sites (tertiary alicyclic amines) is 1. The third-order valence-corrected chi connectivity index (χ3v) is 5.27. The molecule has 3 aromatic rings. The number of aromatic nitrogens is 2. The molecular weight excluding hydrogens is 355 g/mol. The Morgan fingerprint density at radius 1 is 1.00 bits per heavy atom. The topological polar surface area (TPSA) is 50.2 Å². The first kappa shape index (κ1) is 18.6. The number of imidazole rings is 1. The van der Waals surface area contributed by atoms with Crippen molar-refractivity contribution in [3.63, 3.8) is 0 Å². The quantitative estimate of drug-likeness (QED) is 0.707. The SMILES string of the molecule is O=C(Cc1ccc(F)cc1)Nc1nc2ccccc2n1CCN1CCCCC1. The molecule has 2 heterocycles. The van der Waals surface area contributed by atoms with Gasteiger partial charge in [-0.1, -0.05) is 30.7 Å². The van der Waals surface area contributed by atoms with Crippen LogP contribution in [-0.2, 0) is 17.8 Å². The van der Waals surface area contributed by atoms with E-state index in [1.54, 1.807) is 12.1 Å². The van der Waals surface area contributed by atoms with Crippen LogP contribution in [0.4, 0.5) is 10.3 Å². The van der Waals surface area contributed by atoms with E-state index in [2.05, 4.69) is 19.8 Å². The van der Waals surface area contributed by atoms with Gasteiger partial charge in [-0.25, -0.2) is 9.37 Å². The maximum absolute atomic E-state index is 13.1. The molecule has 0 aliphatic carbocycles. The summed E-state index contributed by atoms with van der Waals surface area (Å²) in [6, 6.07) is 14.0. The van der Waals surface area contributed by atoms with Gasteiger partial charge in [0.1, 0.15) is 5.82 Å². The Bertz CT molecular complexity index is 945. The van der Waals surface area contributed by atoms with Gasteiger partial charge in [0.2, 0.25) is 11.9 Å². The monoisotopic (exact) mass is 380 g/mol. The number of fused-ring (bicyclic) bond motifs is 1. The lowest BCUT2D eigenvalue weighted by Crippen LogP contribution is -2.33. The predicted octanol–water partition coefficient (Wildman–Crippen LogP) is 3.84. The number of hydrogen-bond donors (Lipinski definition) is 1. The summed E-state index contributed by atoms with van der Waals surface area (Å²) in [6.45, 7) is 4.01. The van der Waals surface area contributed by atoms with Gasteiger partial charge in [-0.3, -0.25) is 10.1 Å². The smallest absolute Gasteiger partial charge is 0.231 e. The Kier molecular flexibility index (Phi) is 5.67. The molecule has 1 saturated heterocycles. The van der Waals surface area contributed by atoms with Crippen molar-refractivity contribution >= 4 is 22.9 Å². The first-order chi connectivity index (χ1) is 13.7. The lowest BCUT2D eigenvalue weighted by Gasteiger charge is -2.26. The molecule has 0 radical (unpaired) electrons. The van der Waals surface area contributed by atoms with Gasteiger partial charge in [0.05, 0.1) is 17.5 Å². The summed E-state index contributed by atoms with van der Waals surface area (Å²) in [4.78, 5) is 19.6. The maximum Gasteiger partial charge on any atom is 0.231 e. The minimum atomic E-state index is -0.302. The normalized spacial score (nSPS) is 15.0. The van der Waals surface area contributed by atoms with Crippen molar-refractivity contribution in [2.45, 2.75) is 32.2 Å². The van der Waals surface area contributed by atoms with E-state index in [0.717, 1.165) is 42.8 Å². The highest BCUT2D eigenvalue weighted by Gasteiger charge is 2.16. The van der Waals surface area contributed by atoms with E-state index < -0.39 is 0 Å². The zero-order valence-corrected chi connectivity index (χ0v) is 15.9.